The Morgan fingerprint density at radius 2 is 1.65 bits per heavy atom. The van der Waals surface area contributed by atoms with Crippen molar-refractivity contribution >= 4 is 38.7 Å². The SMILES string of the molecule is CC(=O)/C=C(/C)O.Cc1c(-c2ccccc2)oc2cc(-c3[c-]ccc4c3oc3ccccc34)ncc12.[Ir]. The number of furan rings is 2. The molecule has 37 heavy (non-hydrogen) atoms. The number of aromatic nitrogens is 1. The van der Waals surface area contributed by atoms with E-state index in [4.69, 9.17) is 18.9 Å². The molecule has 0 saturated heterocycles. The largest absolute Gasteiger partial charge is 0.512 e. The molecule has 0 spiro atoms. The molecule has 0 bridgehead atoms. The summed E-state index contributed by atoms with van der Waals surface area (Å²) in [6.45, 7) is 4.92. The second-order valence-electron chi connectivity index (χ2n) is 8.58. The fourth-order valence-corrected chi connectivity index (χ4v) is 4.29. The summed E-state index contributed by atoms with van der Waals surface area (Å²) in [7, 11) is 0. The number of fused-ring (bicyclic) bond motifs is 4. The first-order chi connectivity index (χ1) is 17.4. The maximum absolute atomic E-state index is 10.0. The second kappa shape index (κ2) is 11.0. The number of hydrogen-bond donors (Lipinski definition) is 1. The molecule has 3 heterocycles. The van der Waals surface area contributed by atoms with Crippen molar-refractivity contribution < 1.29 is 38.8 Å². The fraction of sp³-hybridized carbons (Fsp3) is 0.0968. The monoisotopic (exact) mass is 667 g/mol. The number of ketones is 1. The van der Waals surface area contributed by atoms with Gasteiger partial charge in [-0.3, -0.25) is 4.79 Å². The third kappa shape index (κ3) is 5.26. The molecule has 3 aromatic carbocycles. The summed E-state index contributed by atoms with van der Waals surface area (Å²) >= 11 is 0. The van der Waals surface area contributed by atoms with Gasteiger partial charge in [0.15, 0.2) is 5.78 Å². The quantitative estimate of drug-likeness (QED) is 0.117. The molecule has 0 atom stereocenters. The van der Waals surface area contributed by atoms with E-state index >= 15 is 0 Å². The number of hydrogen-bond acceptors (Lipinski definition) is 5. The number of aryl methyl sites for hydroxylation is 1. The number of pyridine rings is 1. The molecule has 0 aliphatic carbocycles. The predicted octanol–water partition coefficient (Wildman–Crippen LogP) is 8.20. The van der Waals surface area contributed by atoms with Gasteiger partial charge in [0.05, 0.1) is 11.3 Å². The molecule has 1 radical (unpaired) electrons. The number of para-hydroxylation sites is 1. The van der Waals surface area contributed by atoms with Crippen LogP contribution in [-0.4, -0.2) is 15.9 Å². The van der Waals surface area contributed by atoms with Crippen molar-refractivity contribution in [3.8, 4) is 22.6 Å². The number of nitrogens with zero attached hydrogens (tertiary/aromatic N) is 1. The summed E-state index contributed by atoms with van der Waals surface area (Å²) in [5.41, 5.74) is 6.26. The van der Waals surface area contributed by atoms with Crippen LogP contribution in [0, 0.1) is 13.0 Å². The van der Waals surface area contributed by atoms with E-state index < -0.39 is 0 Å². The number of aliphatic hydroxyl groups excluding tert-OH is 1. The van der Waals surface area contributed by atoms with Crippen LogP contribution < -0.4 is 0 Å². The molecule has 0 saturated carbocycles. The first kappa shape index (κ1) is 26.1. The second-order valence-corrected chi connectivity index (χ2v) is 8.58. The van der Waals surface area contributed by atoms with Crippen molar-refractivity contribution in [3.63, 3.8) is 0 Å². The van der Waals surface area contributed by atoms with E-state index in [-0.39, 0.29) is 31.6 Å². The van der Waals surface area contributed by atoms with Crippen LogP contribution in [0.5, 0.6) is 0 Å². The topological polar surface area (TPSA) is 76.5 Å². The number of rotatable bonds is 3. The van der Waals surface area contributed by atoms with Crippen molar-refractivity contribution in [2.24, 2.45) is 0 Å². The molecule has 6 rings (SSSR count). The zero-order valence-corrected chi connectivity index (χ0v) is 22.9. The molecule has 187 valence electrons. The van der Waals surface area contributed by atoms with Crippen molar-refractivity contribution in [1.82, 2.24) is 4.98 Å². The minimum atomic E-state index is -0.125. The Hall–Kier alpha value is -3.99. The summed E-state index contributed by atoms with van der Waals surface area (Å²) in [5.74, 6) is 0.818. The van der Waals surface area contributed by atoms with E-state index in [1.807, 2.05) is 60.8 Å². The smallest absolute Gasteiger partial charge is 0.155 e. The molecule has 6 heteroatoms. The van der Waals surface area contributed by atoms with E-state index in [2.05, 4.69) is 31.2 Å². The summed E-state index contributed by atoms with van der Waals surface area (Å²) < 4.78 is 12.4. The predicted molar refractivity (Wildman–Crippen MR) is 143 cm³/mol. The Morgan fingerprint density at radius 3 is 2.35 bits per heavy atom. The third-order valence-electron chi connectivity index (χ3n) is 5.87. The van der Waals surface area contributed by atoms with Crippen LogP contribution in [0.15, 0.2) is 99.7 Å². The summed E-state index contributed by atoms with van der Waals surface area (Å²) in [5, 5.41) is 11.5. The maximum Gasteiger partial charge on any atom is 0.155 e. The minimum Gasteiger partial charge on any atom is -0.512 e. The molecule has 0 aliphatic heterocycles. The number of carbonyl (C=O) groups is 1. The van der Waals surface area contributed by atoms with Gasteiger partial charge in [-0.1, -0.05) is 59.5 Å². The molecule has 5 nitrogen and oxygen atoms in total. The van der Waals surface area contributed by atoms with E-state index in [0.29, 0.717) is 0 Å². The molecule has 6 aromatic rings. The van der Waals surface area contributed by atoms with Crippen LogP contribution in [-0.2, 0) is 24.9 Å². The number of benzene rings is 3. The Kier molecular flexibility index (Phi) is 7.72. The molecule has 0 unspecified atom stereocenters. The van der Waals surface area contributed by atoms with Crippen molar-refractivity contribution in [2.45, 2.75) is 20.8 Å². The first-order valence-corrected chi connectivity index (χ1v) is 11.6. The minimum absolute atomic E-state index is 0. The fourth-order valence-electron chi connectivity index (χ4n) is 4.29. The standard InChI is InChI=1S/C26H16NO2.C5H8O2.Ir/c1-16-21-15-27-22(14-24(21)29-25(16)17-8-3-2-4-9-17)20-12-7-11-19-18-10-5-6-13-23(18)28-26(19)20;1-4(6)3-5(2)7;/h2-11,13-15H,1H3;3,6H,1-2H3;/q-1;;/b;4-3-;. The third-order valence-corrected chi connectivity index (χ3v) is 5.87. The summed E-state index contributed by atoms with van der Waals surface area (Å²) in [4.78, 5) is 14.7. The summed E-state index contributed by atoms with van der Waals surface area (Å²) in [6.07, 6.45) is 3.05. The first-order valence-electron chi connectivity index (χ1n) is 11.6. The Morgan fingerprint density at radius 1 is 0.919 bits per heavy atom. The van der Waals surface area contributed by atoms with Gasteiger partial charge in [0.25, 0.3) is 0 Å². The van der Waals surface area contributed by atoms with Crippen LogP contribution >= 0.6 is 0 Å². The number of carbonyl (C=O) groups excluding carboxylic acids is 1. The van der Waals surface area contributed by atoms with Gasteiger partial charge in [0.1, 0.15) is 16.9 Å². The maximum atomic E-state index is 10.0. The van der Waals surface area contributed by atoms with Gasteiger partial charge in [-0.2, -0.15) is 0 Å². The summed E-state index contributed by atoms with van der Waals surface area (Å²) in [6, 6.07) is 27.5. The Labute approximate surface area is 227 Å². The van der Waals surface area contributed by atoms with Gasteiger partial charge < -0.3 is 18.9 Å². The average Bonchev–Trinajstić information content (AvgIpc) is 3.41. The molecule has 0 fully saturated rings. The van der Waals surface area contributed by atoms with Gasteiger partial charge in [-0.05, 0) is 38.6 Å². The molecular formula is C31H24IrNO4-. The molecule has 0 aliphatic rings. The van der Waals surface area contributed by atoms with Crippen LogP contribution in [0.25, 0.3) is 55.5 Å². The number of aliphatic hydroxyl groups is 1. The zero-order valence-electron chi connectivity index (χ0n) is 20.5. The van der Waals surface area contributed by atoms with Gasteiger partial charge >= 0.3 is 0 Å². The molecule has 0 amide bonds. The van der Waals surface area contributed by atoms with Crippen LogP contribution in [0.3, 0.4) is 0 Å². The Balaban J connectivity index is 0.000000356. The van der Waals surface area contributed by atoms with E-state index in [0.717, 1.165) is 61.1 Å². The van der Waals surface area contributed by atoms with Crippen molar-refractivity contribution in [2.75, 3.05) is 0 Å². The van der Waals surface area contributed by atoms with Crippen LogP contribution in [0.4, 0.5) is 0 Å². The van der Waals surface area contributed by atoms with Gasteiger partial charge in [0, 0.05) is 54.3 Å². The molecule has 3 aromatic heterocycles. The Bertz CT molecular complexity index is 1740. The number of allylic oxidation sites excluding steroid dienone is 2. The van der Waals surface area contributed by atoms with E-state index in [1.165, 1.54) is 19.9 Å². The van der Waals surface area contributed by atoms with Gasteiger partial charge in [-0.25, -0.2) is 0 Å². The van der Waals surface area contributed by atoms with E-state index in [1.54, 1.807) is 0 Å². The molecule has 1 N–H and O–H groups in total. The van der Waals surface area contributed by atoms with Crippen LogP contribution in [0.1, 0.15) is 19.4 Å². The normalized spacial score (nSPS) is 11.3. The van der Waals surface area contributed by atoms with Gasteiger partial charge in [0.2, 0.25) is 0 Å². The van der Waals surface area contributed by atoms with E-state index in [9.17, 15) is 4.79 Å². The van der Waals surface area contributed by atoms with Crippen molar-refractivity contribution in [1.29, 1.82) is 0 Å². The molecular weight excluding hydrogens is 643 g/mol. The van der Waals surface area contributed by atoms with Crippen molar-refractivity contribution in [3.05, 3.63) is 102 Å². The zero-order chi connectivity index (χ0) is 25.2. The van der Waals surface area contributed by atoms with Gasteiger partial charge in [-0.15, -0.1) is 18.2 Å². The van der Waals surface area contributed by atoms with Crippen LogP contribution in [0.2, 0.25) is 0 Å². The average molecular weight is 667 g/mol.